The Morgan fingerprint density at radius 1 is 1.08 bits per heavy atom. The van der Waals surface area contributed by atoms with Crippen molar-refractivity contribution in [2.24, 2.45) is 4.99 Å². The van der Waals surface area contributed by atoms with Crippen molar-refractivity contribution in [1.29, 1.82) is 0 Å². The molecule has 5 nitrogen and oxygen atoms in total. The lowest BCUT2D eigenvalue weighted by Crippen LogP contribution is -2.40. The molecule has 1 aliphatic carbocycles. The van der Waals surface area contributed by atoms with Crippen LogP contribution in [0.3, 0.4) is 0 Å². The number of halogens is 1. The summed E-state index contributed by atoms with van der Waals surface area (Å²) >= 11 is 0. The minimum Gasteiger partial charge on any atom is -0.492 e. The van der Waals surface area contributed by atoms with Crippen LogP contribution in [0.5, 0.6) is 5.75 Å². The molecule has 0 heterocycles. The zero-order valence-electron chi connectivity index (χ0n) is 15.4. The number of rotatable bonds is 9. The predicted molar refractivity (Wildman–Crippen MR) is 114 cm³/mol. The summed E-state index contributed by atoms with van der Waals surface area (Å²) in [5.74, 6) is 1.71. The van der Waals surface area contributed by atoms with Crippen LogP contribution in [-0.4, -0.2) is 45.4 Å². The third-order valence-corrected chi connectivity index (χ3v) is 4.18. The molecule has 0 aliphatic heterocycles. The predicted octanol–water partition coefficient (Wildman–Crippen LogP) is 3.51. The second kappa shape index (κ2) is 13.2. The highest BCUT2D eigenvalue weighted by Gasteiger charge is 2.14. The number of aryl methyl sites for hydroxylation is 1. The molecule has 2 rings (SSSR count). The molecule has 0 aromatic heterocycles. The summed E-state index contributed by atoms with van der Waals surface area (Å²) in [6.45, 7) is 5.08. The number of hydrogen-bond acceptors (Lipinski definition) is 3. The molecule has 1 fully saturated rings. The second-order valence-electron chi connectivity index (χ2n) is 6.22. The van der Waals surface area contributed by atoms with Crippen LogP contribution in [0.2, 0.25) is 0 Å². The van der Waals surface area contributed by atoms with Crippen LogP contribution in [0.25, 0.3) is 0 Å². The zero-order valence-corrected chi connectivity index (χ0v) is 17.8. The Bertz CT molecular complexity index is 488. The standard InChI is InChI=1S/C19H31N3O2.HI/c1-16-8-10-18(11-9-16)24-15-13-22-19(20-2)21-12-5-14-23-17-6-3-4-7-17;/h8-11,17H,3-7,12-15H2,1-2H3,(H2,20,21,22);1H. The summed E-state index contributed by atoms with van der Waals surface area (Å²) in [6.07, 6.45) is 6.61. The van der Waals surface area contributed by atoms with E-state index in [9.17, 15) is 0 Å². The largest absolute Gasteiger partial charge is 0.492 e. The average Bonchev–Trinajstić information content (AvgIpc) is 3.11. The van der Waals surface area contributed by atoms with Gasteiger partial charge in [0.25, 0.3) is 0 Å². The van der Waals surface area contributed by atoms with Crippen LogP contribution in [0.4, 0.5) is 0 Å². The summed E-state index contributed by atoms with van der Waals surface area (Å²) in [4.78, 5) is 4.22. The molecule has 25 heavy (non-hydrogen) atoms. The minimum atomic E-state index is 0. The molecule has 1 aromatic rings. The van der Waals surface area contributed by atoms with Gasteiger partial charge in [0.2, 0.25) is 0 Å². The Kier molecular flexibility index (Phi) is 11.6. The highest BCUT2D eigenvalue weighted by Crippen LogP contribution is 2.20. The first-order valence-corrected chi connectivity index (χ1v) is 9.03. The molecule has 2 N–H and O–H groups in total. The van der Waals surface area contributed by atoms with Crippen molar-refractivity contribution < 1.29 is 9.47 Å². The van der Waals surface area contributed by atoms with E-state index >= 15 is 0 Å². The number of aliphatic imine (C=N–C) groups is 1. The first kappa shape index (κ1) is 22.0. The lowest BCUT2D eigenvalue weighted by atomic mass is 10.2. The van der Waals surface area contributed by atoms with Gasteiger partial charge in [-0.05, 0) is 38.3 Å². The van der Waals surface area contributed by atoms with Gasteiger partial charge in [0, 0.05) is 20.2 Å². The number of guanidine groups is 1. The van der Waals surface area contributed by atoms with Gasteiger partial charge in [-0.2, -0.15) is 0 Å². The molecular weight excluding hydrogens is 429 g/mol. The molecule has 0 spiro atoms. The number of benzene rings is 1. The lowest BCUT2D eigenvalue weighted by Gasteiger charge is -2.14. The molecule has 1 aromatic carbocycles. The van der Waals surface area contributed by atoms with Crippen molar-refractivity contribution in [3.8, 4) is 5.75 Å². The topological polar surface area (TPSA) is 54.9 Å². The van der Waals surface area contributed by atoms with E-state index in [1.165, 1.54) is 31.2 Å². The van der Waals surface area contributed by atoms with Crippen LogP contribution in [0.15, 0.2) is 29.3 Å². The molecule has 0 saturated heterocycles. The molecule has 142 valence electrons. The first-order chi connectivity index (χ1) is 11.8. The summed E-state index contributed by atoms with van der Waals surface area (Å²) in [6, 6.07) is 8.09. The maximum absolute atomic E-state index is 5.85. The van der Waals surface area contributed by atoms with Crippen molar-refractivity contribution in [2.75, 3.05) is 33.4 Å². The van der Waals surface area contributed by atoms with E-state index in [0.29, 0.717) is 19.3 Å². The SMILES string of the molecule is CN=C(NCCCOC1CCCC1)NCCOc1ccc(C)cc1.I. The van der Waals surface area contributed by atoms with Gasteiger partial charge in [0.1, 0.15) is 12.4 Å². The third-order valence-electron chi connectivity index (χ3n) is 4.18. The first-order valence-electron chi connectivity index (χ1n) is 9.03. The lowest BCUT2D eigenvalue weighted by molar-refractivity contribution is 0.0574. The van der Waals surface area contributed by atoms with Crippen LogP contribution in [0.1, 0.15) is 37.7 Å². The molecule has 0 radical (unpaired) electrons. The van der Waals surface area contributed by atoms with Crippen LogP contribution in [-0.2, 0) is 4.74 Å². The summed E-state index contributed by atoms with van der Waals surface area (Å²) in [5.41, 5.74) is 1.24. The maximum atomic E-state index is 5.85. The van der Waals surface area contributed by atoms with Gasteiger partial charge in [0.15, 0.2) is 5.96 Å². The minimum absolute atomic E-state index is 0. The second-order valence-corrected chi connectivity index (χ2v) is 6.22. The Hall–Kier alpha value is -1.02. The van der Waals surface area contributed by atoms with E-state index in [1.807, 2.05) is 12.1 Å². The summed E-state index contributed by atoms with van der Waals surface area (Å²) in [7, 11) is 1.78. The summed E-state index contributed by atoms with van der Waals surface area (Å²) < 4.78 is 11.5. The monoisotopic (exact) mass is 461 g/mol. The van der Waals surface area contributed by atoms with Gasteiger partial charge in [0.05, 0.1) is 12.6 Å². The third kappa shape index (κ3) is 9.30. The quantitative estimate of drug-likeness (QED) is 0.256. The highest BCUT2D eigenvalue weighted by molar-refractivity contribution is 14.0. The van der Waals surface area contributed by atoms with E-state index in [0.717, 1.165) is 31.3 Å². The normalized spacial score (nSPS) is 14.9. The Morgan fingerprint density at radius 3 is 2.44 bits per heavy atom. The van der Waals surface area contributed by atoms with Crippen molar-refractivity contribution >= 4 is 29.9 Å². The van der Waals surface area contributed by atoms with Gasteiger partial charge >= 0.3 is 0 Å². The number of nitrogens with zero attached hydrogens (tertiary/aromatic N) is 1. The molecule has 6 heteroatoms. The fourth-order valence-corrected chi connectivity index (χ4v) is 2.78. The van der Waals surface area contributed by atoms with Crippen molar-refractivity contribution in [3.63, 3.8) is 0 Å². The van der Waals surface area contributed by atoms with Gasteiger partial charge in [-0.25, -0.2) is 0 Å². The summed E-state index contributed by atoms with van der Waals surface area (Å²) in [5, 5.41) is 6.56. The number of nitrogens with one attached hydrogen (secondary N) is 2. The number of ether oxygens (including phenoxy) is 2. The average molecular weight is 461 g/mol. The molecule has 0 atom stereocenters. The molecule has 1 aliphatic rings. The Balaban J connectivity index is 0.00000312. The van der Waals surface area contributed by atoms with Crippen LogP contribution < -0.4 is 15.4 Å². The number of hydrogen-bond donors (Lipinski definition) is 2. The van der Waals surface area contributed by atoms with Crippen molar-refractivity contribution in [3.05, 3.63) is 29.8 Å². The smallest absolute Gasteiger partial charge is 0.191 e. The van der Waals surface area contributed by atoms with E-state index in [4.69, 9.17) is 9.47 Å². The maximum Gasteiger partial charge on any atom is 0.191 e. The zero-order chi connectivity index (χ0) is 17.0. The highest BCUT2D eigenvalue weighted by atomic mass is 127. The Morgan fingerprint density at radius 2 is 1.76 bits per heavy atom. The van der Waals surface area contributed by atoms with E-state index in [1.54, 1.807) is 7.05 Å². The van der Waals surface area contributed by atoms with E-state index in [2.05, 4.69) is 34.7 Å². The van der Waals surface area contributed by atoms with Gasteiger partial charge in [-0.3, -0.25) is 4.99 Å². The fourth-order valence-electron chi connectivity index (χ4n) is 2.78. The molecule has 0 amide bonds. The van der Waals surface area contributed by atoms with Crippen molar-refractivity contribution in [1.82, 2.24) is 10.6 Å². The fraction of sp³-hybridized carbons (Fsp3) is 0.632. The molecule has 0 bridgehead atoms. The van der Waals surface area contributed by atoms with Crippen molar-refractivity contribution in [2.45, 2.75) is 45.1 Å². The van der Waals surface area contributed by atoms with Gasteiger partial charge < -0.3 is 20.1 Å². The van der Waals surface area contributed by atoms with Crippen LogP contribution >= 0.6 is 24.0 Å². The van der Waals surface area contributed by atoms with Crippen LogP contribution in [0, 0.1) is 6.92 Å². The van der Waals surface area contributed by atoms with Gasteiger partial charge in [-0.1, -0.05) is 30.5 Å². The van der Waals surface area contributed by atoms with Gasteiger partial charge in [-0.15, -0.1) is 24.0 Å². The molecular formula is C19H32IN3O2. The molecule has 1 saturated carbocycles. The molecule has 0 unspecified atom stereocenters. The van der Waals surface area contributed by atoms with E-state index in [-0.39, 0.29) is 24.0 Å². The Labute approximate surface area is 169 Å². The van der Waals surface area contributed by atoms with E-state index < -0.39 is 0 Å².